The lowest BCUT2D eigenvalue weighted by Gasteiger charge is -2.31. The van der Waals surface area contributed by atoms with Crippen molar-refractivity contribution in [2.45, 2.75) is 31.6 Å². The lowest BCUT2D eigenvalue weighted by Crippen LogP contribution is -2.43. The molecular formula is C22H26N2O6S. The number of hydrogen-bond acceptors (Lipinski definition) is 6. The van der Waals surface area contributed by atoms with Crippen LogP contribution in [0.15, 0.2) is 41.3 Å². The third kappa shape index (κ3) is 4.47. The monoisotopic (exact) mass is 446 g/mol. The highest BCUT2D eigenvalue weighted by molar-refractivity contribution is 7.89. The molecule has 2 aliphatic heterocycles. The minimum atomic E-state index is -3.70. The summed E-state index contributed by atoms with van der Waals surface area (Å²) < 4.78 is 43.9. The molecule has 2 heterocycles. The Morgan fingerprint density at radius 2 is 2.00 bits per heavy atom. The highest BCUT2D eigenvalue weighted by Crippen LogP contribution is 2.34. The van der Waals surface area contributed by atoms with Crippen molar-refractivity contribution in [3.8, 4) is 17.2 Å². The Balaban J connectivity index is 1.46. The molecule has 0 radical (unpaired) electrons. The average molecular weight is 447 g/mol. The van der Waals surface area contributed by atoms with Gasteiger partial charge >= 0.3 is 0 Å². The van der Waals surface area contributed by atoms with Gasteiger partial charge in [-0.1, -0.05) is 0 Å². The number of rotatable bonds is 6. The van der Waals surface area contributed by atoms with Gasteiger partial charge < -0.3 is 19.5 Å². The van der Waals surface area contributed by atoms with E-state index >= 15 is 0 Å². The first kappa shape index (κ1) is 21.5. The quantitative estimate of drug-likeness (QED) is 0.733. The van der Waals surface area contributed by atoms with Crippen LogP contribution < -0.4 is 19.5 Å². The van der Waals surface area contributed by atoms with Crippen LogP contribution in [0.2, 0.25) is 0 Å². The van der Waals surface area contributed by atoms with Gasteiger partial charge in [0, 0.05) is 24.8 Å². The first-order chi connectivity index (χ1) is 14.9. The van der Waals surface area contributed by atoms with Gasteiger partial charge in [-0.05, 0) is 62.6 Å². The van der Waals surface area contributed by atoms with E-state index in [0.717, 1.165) is 5.56 Å². The zero-order chi connectivity index (χ0) is 22.0. The molecule has 1 saturated heterocycles. The highest BCUT2D eigenvalue weighted by Gasteiger charge is 2.33. The van der Waals surface area contributed by atoms with E-state index in [0.29, 0.717) is 48.9 Å². The summed E-state index contributed by atoms with van der Waals surface area (Å²) in [6.07, 6.45) is 1.25. The Morgan fingerprint density at radius 1 is 1.19 bits per heavy atom. The Bertz CT molecular complexity index is 1090. The Labute approximate surface area is 182 Å². The number of nitrogens with one attached hydrogen (secondary N) is 1. The maximum absolute atomic E-state index is 13.2. The predicted octanol–water partition coefficient (Wildman–Crippen LogP) is 3.16. The fourth-order valence-corrected chi connectivity index (χ4v) is 5.45. The molecule has 0 bridgehead atoms. The normalized spacial score (nSPS) is 18.6. The maximum atomic E-state index is 13.2. The predicted molar refractivity (Wildman–Crippen MR) is 115 cm³/mol. The molecule has 4 rings (SSSR count). The largest absolute Gasteiger partial charge is 0.494 e. The summed E-state index contributed by atoms with van der Waals surface area (Å²) in [7, 11) is -3.70. The van der Waals surface area contributed by atoms with E-state index in [-0.39, 0.29) is 24.1 Å². The van der Waals surface area contributed by atoms with Gasteiger partial charge in [-0.25, -0.2) is 8.42 Å². The van der Waals surface area contributed by atoms with Crippen molar-refractivity contribution in [3.63, 3.8) is 0 Å². The molecule has 1 amide bonds. The van der Waals surface area contributed by atoms with Crippen molar-refractivity contribution in [3.05, 3.63) is 42.0 Å². The molecule has 2 aromatic rings. The first-order valence-corrected chi connectivity index (χ1v) is 11.8. The SMILES string of the molecule is CCOc1ccc(S(=O)(=O)N2CCC[C@H](C(=O)Nc3ccc4c(c3)OCO4)C2)cc1C. The molecule has 2 aliphatic rings. The van der Waals surface area contributed by atoms with Gasteiger partial charge in [0.05, 0.1) is 17.4 Å². The number of piperidine rings is 1. The Morgan fingerprint density at radius 3 is 2.77 bits per heavy atom. The summed E-state index contributed by atoms with van der Waals surface area (Å²) in [6, 6.07) is 10.1. The number of ether oxygens (including phenoxy) is 3. The van der Waals surface area contributed by atoms with Crippen LogP contribution in [-0.2, 0) is 14.8 Å². The van der Waals surface area contributed by atoms with Crippen molar-refractivity contribution in [1.29, 1.82) is 0 Å². The average Bonchev–Trinajstić information content (AvgIpc) is 3.23. The van der Waals surface area contributed by atoms with Crippen LogP contribution in [0.25, 0.3) is 0 Å². The number of benzene rings is 2. The molecular weight excluding hydrogens is 420 g/mol. The van der Waals surface area contributed by atoms with E-state index in [2.05, 4.69) is 5.32 Å². The highest BCUT2D eigenvalue weighted by atomic mass is 32.2. The molecule has 166 valence electrons. The molecule has 0 unspecified atom stereocenters. The summed E-state index contributed by atoms with van der Waals surface area (Å²) in [6.45, 7) is 4.91. The fourth-order valence-electron chi connectivity index (χ4n) is 3.84. The number of nitrogens with zero attached hydrogens (tertiary/aromatic N) is 1. The minimum absolute atomic E-state index is 0.144. The second-order valence-electron chi connectivity index (χ2n) is 7.62. The molecule has 1 fully saturated rings. The van der Waals surface area contributed by atoms with E-state index in [1.54, 1.807) is 36.4 Å². The number of fused-ring (bicyclic) bond motifs is 1. The number of amides is 1. The second kappa shape index (κ2) is 8.76. The van der Waals surface area contributed by atoms with E-state index < -0.39 is 15.9 Å². The molecule has 31 heavy (non-hydrogen) atoms. The van der Waals surface area contributed by atoms with Gasteiger partial charge in [-0.2, -0.15) is 4.31 Å². The number of carbonyl (C=O) groups is 1. The smallest absolute Gasteiger partial charge is 0.243 e. The molecule has 0 aromatic heterocycles. The molecule has 9 heteroatoms. The molecule has 0 saturated carbocycles. The number of carbonyl (C=O) groups excluding carboxylic acids is 1. The lowest BCUT2D eigenvalue weighted by molar-refractivity contribution is -0.120. The van der Waals surface area contributed by atoms with Gasteiger partial charge in [0.25, 0.3) is 0 Å². The van der Waals surface area contributed by atoms with Crippen LogP contribution in [0, 0.1) is 12.8 Å². The van der Waals surface area contributed by atoms with Crippen molar-refractivity contribution < 1.29 is 27.4 Å². The topological polar surface area (TPSA) is 94.2 Å². The minimum Gasteiger partial charge on any atom is -0.494 e. The molecule has 1 atom stereocenters. The van der Waals surface area contributed by atoms with Crippen LogP contribution in [0.5, 0.6) is 17.2 Å². The van der Waals surface area contributed by atoms with Crippen molar-refractivity contribution in [2.24, 2.45) is 5.92 Å². The second-order valence-corrected chi connectivity index (χ2v) is 9.56. The Hall–Kier alpha value is -2.78. The maximum Gasteiger partial charge on any atom is 0.243 e. The van der Waals surface area contributed by atoms with E-state index in [4.69, 9.17) is 14.2 Å². The van der Waals surface area contributed by atoms with Crippen LogP contribution >= 0.6 is 0 Å². The zero-order valence-corrected chi connectivity index (χ0v) is 18.4. The molecule has 0 spiro atoms. The Kier molecular flexibility index (Phi) is 6.06. The number of aryl methyl sites for hydroxylation is 1. The van der Waals surface area contributed by atoms with Crippen LogP contribution in [0.3, 0.4) is 0 Å². The van der Waals surface area contributed by atoms with E-state index in [1.165, 1.54) is 4.31 Å². The summed E-state index contributed by atoms with van der Waals surface area (Å²) >= 11 is 0. The van der Waals surface area contributed by atoms with Crippen LogP contribution in [0.4, 0.5) is 5.69 Å². The van der Waals surface area contributed by atoms with Crippen molar-refractivity contribution in [1.82, 2.24) is 4.31 Å². The van der Waals surface area contributed by atoms with Crippen LogP contribution in [0.1, 0.15) is 25.3 Å². The summed E-state index contributed by atoms with van der Waals surface area (Å²) in [4.78, 5) is 13.0. The van der Waals surface area contributed by atoms with Gasteiger partial charge in [-0.3, -0.25) is 4.79 Å². The standard InChI is InChI=1S/C22H26N2O6S/c1-3-28-19-9-7-18(11-15(19)2)31(26,27)24-10-4-5-16(13-24)22(25)23-17-6-8-20-21(12-17)30-14-29-20/h6-9,11-12,16H,3-5,10,13-14H2,1-2H3,(H,23,25)/t16-/m0/s1. The molecule has 2 aromatic carbocycles. The molecule has 0 aliphatic carbocycles. The molecule has 1 N–H and O–H groups in total. The number of hydrogen-bond donors (Lipinski definition) is 1. The van der Waals surface area contributed by atoms with Gasteiger partial charge in [-0.15, -0.1) is 0 Å². The number of anilines is 1. The van der Waals surface area contributed by atoms with Gasteiger partial charge in [0.1, 0.15) is 5.75 Å². The van der Waals surface area contributed by atoms with E-state index in [1.807, 2.05) is 13.8 Å². The first-order valence-electron chi connectivity index (χ1n) is 10.3. The van der Waals surface area contributed by atoms with Gasteiger partial charge in [0.2, 0.25) is 22.7 Å². The molecule has 8 nitrogen and oxygen atoms in total. The van der Waals surface area contributed by atoms with Crippen LogP contribution in [-0.4, -0.2) is 45.1 Å². The lowest BCUT2D eigenvalue weighted by atomic mass is 9.98. The van der Waals surface area contributed by atoms with Crippen molar-refractivity contribution in [2.75, 3.05) is 31.8 Å². The summed E-state index contributed by atoms with van der Waals surface area (Å²) in [5.74, 6) is 1.25. The zero-order valence-electron chi connectivity index (χ0n) is 17.6. The number of sulfonamides is 1. The fraction of sp³-hybridized carbons (Fsp3) is 0.409. The summed E-state index contributed by atoms with van der Waals surface area (Å²) in [5, 5.41) is 2.87. The summed E-state index contributed by atoms with van der Waals surface area (Å²) in [5.41, 5.74) is 1.36. The van der Waals surface area contributed by atoms with E-state index in [9.17, 15) is 13.2 Å². The third-order valence-electron chi connectivity index (χ3n) is 5.48. The van der Waals surface area contributed by atoms with Gasteiger partial charge in [0.15, 0.2) is 11.5 Å². The third-order valence-corrected chi connectivity index (χ3v) is 7.34. The van der Waals surface area contributed by atoms with Crippen molar-refractivity contribution >= 4 is 21.6 Å².